The van der Waals surface area contributed by atoms with E-state index >= 15 is 0 Å². The lowest BCUT2D eigenvalue weighted by molar-refractivity contribution is 0.111. The molecule has 0 N–H and O–H groups in total. The molecule has 0 spiro atoms. The summed E-state index contributed by atoms with van der Waals surface area (Å²) in [6, 6.07) is 11.6. The Labute approximate surface area is 171 Å². The van der Waals surface area contributed by atoms with Crippen molar-refractivity contribution in [3.8, 4) is 0 Å². The SMILES string of the molecule is CN1[C@H](C2CCCCC2)CN(c2ccccc2)c2cc(F)c(C=O)cc2S1(=O)=O. The molecular formula is C22H25FN2O3S. The zero-order valence-corrected chi connectivity index (χ0v) is 17.2. The lowest BCUT2D eigenvalue weighted by Gasteiger charge is -2.36. The minimum Gasteiger partial charge on any atom is -0.339 e. The second-order valence-corrected chi connectivity index (χ2v) is 9.86. The topological polar surface area (TPSA) is 57.7 Å². The summed E-state index contributed by atoms with van der Waals surface area (Å²) >= 11 is 0. The van der Waals surface area contributed by atoms with Crippen molar-refractivity contribution >= 4 is 27.7 Å². The van der Waals surface area contributed by atoms with E-state index in [1.165, 1.54) is 22.9 Å². The Morgan fingerprint density at radius 3 is 2.41 bits per heavy atom. The summed E-state index contributed by atoms with van der Waals surface area (Å²) in [5, 5.41) is 0. The average Bonchev–Trinajstić information content (AvgIpc) is 2.82. The maximum absolute atomic E-state index is 14.5. The van der Waals surface area contributed by atoms with Gasteiger partial charge >= 0.3 is 0 Å². The first-order valence-corrected chi connectivity index (χ1v) is 11.5. The maximum Gasteiger partial charge on any atom is 0.245 e. The van der Waals surface area contributed by atoms with Crippen LogP contribution in [0.3, 0.4) is 0 Å². The third kappa shape index (κ3) is 3.57. The number of fused-ring (bicyclic) bond motifs is 1. The lowest BCUT2D eigenvalue weighted by Crippen LogP contribution is -2.46. The van der Waals surface area contributed by atoms with E-state index in [1.807, 2.05) is 35.2 Å². The Morgan fingerprint density at radius 1 is 1.07 bits per heavy atom. The highest BCUT2D eigenvalue weighted by molar-refractivity contribution is 7.89. The fourth-order valence-electron chi connectivity index (χ4n) is 4.62. The van der Waals surface area contributed by atoms with Gasteiger partial charge in [0.2, 0.25) is 10.0 Å². The van der Waals surface area contributed by atoms with E-state index in [2.05, 4.69) is 0 Å². The first-order chi connectivity index (χ1) is 13.9. The lowest BCUT2D eigenvalue weighted by atomic mass is 9.83. The van der Waals surface area contributed by atoms with Gasteiger partial charge in [0.1, 0.15) is 10.7 Å². The highest BCUT2D eigenvalue weighted by Crippen LogP contribution is 2.41. The van der Waals surface area contributed by atoms with E-state index in [0.29, 0.717) is 12.8 Å². The third-order valence-electron chi connectivity index (χ3n) is 6.25. The summed E-state index contributed by atoms with van der Waals surface area (Å²) in [7, 11) is -2.27. The van der Waals surface area contributed by atoms with Gasteiger partial charge in [-0.25, -0.2) is 12.8 Å². The summed E-state index contributed by atoms with van der Waals surface area (Å²) in [4.78, 5) is 13.2. The van der Waals surface area contributed by atoms with Gasteiger partial charge in [-0.2, -0.15) is 4.31 Å². The molecule has 29 heavy (non-hydrogen) atoms. The van der Waals surface area contributed by atoms with Gasteiger partial charge < -0.3 is 4.90 Å². The van der Waals surface area contributed by atoms with Gasteiger partial charge in [-0.15, -0.1) is 0 Å². The summed E-state index contributed by atoms with van der Waals surface area (Å²) < 4.78 is 43.0. The van der Waals surface area contributed by atoms with Crippen molar-refractivity contribution in [3.05, 3.63) is 53.8 Å². The van der Waals surface area contributed by atoms with Crippen LogP contribution in [0.4, 0.5) is 15.8 Å². The van der Waals surface area contributed by atoms with Crippen molar-refractivity contribution in [2.45, 2.75) is 43.0 Å². The number of sulfonamides is 1. The molecule has 0 unspecified atom stereocenters. The number of hydrogen-bond acceptors (Lipinski definition) is 4. The Kier molecular flexibility index (Phi) is 5.44. The number of likely N-dealkylation sites (N-methyl/N-ethyl adjacent to an activating group) is 1. The summed E-state index contributed by atoms with van der Waals surface area (Å²) in [5.41, 5.74) is 0.840. The minimum absolute atomic E-state index is 0.0225. The number of hydrogen-bond donors (Lipinski definition) is 0. The van der Waals surface area contributed by atoms with Gasteiger partial charge in [-0.3, -0.25) is 4.79 Å². The van der Waals surface area contributed by atoms with E-state index in [0.717, 1.165) is 31.4 Å². The monoisotopic (exact) mass is 416 g/mol. The molecule has 1 atom stereocenters. The normalized spacial score (nSPS) is 22.7. The molecule has 1 aliphatic carbocycles. The Morgan fingerprint density at radius 2 is 1.76 bits per heavy atom. The van der Waals surface area contributed by atoms with Crippen LogP contribution < -0.4 is 4.90 Å². The molecule has 0 amide bonds. The van der Waals surface area contributed by atoms with Crippen molar-refractivity contribution < 1.29 is 17.6 Å². The second-order valence-electron chi connectivity index (χ2n) is 7.89. The zero-order chi connectivity index (χ0) is 20.6. The number of carbonyl (C=O) groups is 1. The van der Waals surface area contributed by atoms with Crippen molar-refractivity contribution in [2.75, 3.05) is 18.5 Å². The molecule has 1 fully saturated rings. The van der Waals surface area contributed by atoms with E-state index in [9.17, 15) is 17.6 Å². The van der Waals surface area contributed by atoms with Gasteiger partial charge in [-0.05, 0) is 43.0 Å². The molecule has 0 aromatic heterocycles. The van der Waals surface area contributed by atoms with Crippen molar-refractivity contribution in [2.24, 2.45) is 5.92 Å². The van der Waals surface area contributed by atoms with Crippen molar-refractivity contribution in [1.82, 2.24) is 4.31 Å². The molecule has 0 bridgehead atoms. The molecule has 1 heterocycles. The number of halogens is 1. The molecule has 2 aromatic carbocycles. The van der Waals surface area contributed by atoms with E-state index in [-0.39, 0.29) is 28.1 Å². The van der Waals surface area contributed by atoms with Crippen LogP contribution in [-0.4, -0.2) is 38.6 Å². The summed E-state index contributed by atoms with van der Waals surface area (Å²) in [6.45, 7) is 0.442. The second kappa shape index (κ2) is 7.88. The number of nitrogens with zero attached hydrogens (tertiary/aromatic N) is 2. The fraction of sp³-hybridized carbons (Fsp3) is 0.409. The molecule has 154 valence electrons. The number of anilines is 2. The fourth-order valence-corrected chi connectivity index (χ4v) is 6.23. The number of benzene rings is 2. The van der Waals surface area contributed by atoms with Crippen LogP contribution in [0, 0.1) is 11.7 Å². The van der Waals surface area contributed by atoms with Crippen LogP contribution in [0.25, 0.3) is 0 Å². The molecule has 1 aliphatic heterocycles. The summed E-state index contributed by atoms with van der Waals surface area (Å²) in [5.74, 6) is -0.465. The molecule has 2 aromatic rings. The molecule has 2 aliphatic rings. The molecular weight excluding hydrogens is 391 g/mol. The molecule has 0 radical (unpaired) electrons. The van der Waals surface area contributed by atoms with Crippen molar-refractivity contribution in [3.63, 3.8) is 0 Å². The number of rotatable bonds is 3. The smallest absolute Gasteiger partial charge is 0.245 e. The molecule has 4 rings (SSSR count). The van der Waals surface area contributed by atoms with Crippen LogP contribution in [0.15, 0.2) is 47.4 Å². The molecule has 0 saturated heterocycles. The van der Waals surface area contributed by atoms with Crippen LogP contribution in [0.1, 0.15) is 42.5 Å². The standard InChI is InChI=1S/C22H25FN2O3S/c1-24-21(16-8-4-2-5-9-16)14-25(18-10-6-3-7-11-18)20-13-19(23)17(15-26)12-22(20)29(24,27)28/h3,6-7,10-13,15-16,21H,2,4-5,8-9,14H2,1H3/t21-/m0/s1. The van der Waals surface area contributed by atoms with Crippen LogP contribution in [-0.2, 0) is 10.0 Å². The van der Waals surface area contributed by atoms with Gasteiger partial charge in [0.05, 0.1) is 11.3 Å². The highest BCUT2D eigenvalue weighted by atomic mass is 32.2. The number of aldehydes is 1. The first kappa shape index (κ1) is 20.0. The number of carbonyl (C=O) groups excluding carboxylic acids is 1. The predicted octanol–water partition coefficient (Wildman–Crippen LogP) is 4.36. The van der Waals surface area contributed by atoms with Gasteiger partial charge in [-0.1, -0.05) is 37.5 Å². The van der Waals surface area contributed by atoms with Crippen LogP contribution in [0.2, 0.25) is 0 Å². The average molecular weight is 417 g/mol. The van der Waals surface area contributed by atoms with E-state index < -0.39 is 15.8 Å². The maximum atomic E-state index is 14.5. The van der Waals surface area contributed by atoms with Crippen LogP contribution in [0.5, 0.6) is 0 Å². The van der Waals surface area contributed by atoms with Crippen molar-refractivity contribution in [1.29, 1.82) is 0 Å². The predicted molar refractivity (Wildman–Crippen MR) is 111 cm³/mol. The van der Waals surface area contributed by atoms with Gasteiger partial charge in [0, 0.05) is 25.3 Å². The first-order valence-electron chi connectivity index (χ1n) is 10.0. The largest absolute Gasteiger partial charge is 0.339 e. The zero-order valence-electron chi connectivity index (χ0n) is 16.4. The highest BCUT2D eigenvalue weighted by Gasteiger charge is 2.41. The molecule has 5 nitrogen and oxygen atoms in total. The third-order valence-corrected chi connectivity index (χ3v) is 8.16. The van der Waals surface area contributed by atoms with Gasteiger partial charge in [0.25, 0.3) is 0 Å². The Bertz CT molecular complexity index is 1000. The van der Waals surface area contributed by atoms with Crippen LogP contribution >= 0.6 is 0 Å². The summed E-state index contributed by atoms with van der Waals surface area (Å²) in [6.07, 6.45) is 5.70. The molecule has 1 saturated carbocycles. The van der Waals surface area contributed by atoms with E-state index in [1.54, 1.807) is 7.05 Å². The molecule has 7 heteroatoms. The van der Waals surface area contributed by atoms with E-state index in [4.69, 9.17) is 0 Å². The Hall–Kier alpha value is -2.25. The quantitative estimate of drug-likeness (QED) is 0.698. The van der Waals surface area contributed by atoms with Gasteiger partial charge in [0.15, 0.2) is 6.29 Å². The Balaban J connectivity index is 1.92. The number of para-hydroxylation sites is 1. The minimum atomic E-state index is -3.88.